The topological polar surface area (TPSA) is 74.9 Å². The molecule has 148 valence electrons. The lowest BCUT2D eigenvalue weighted by molar-refractivity contribution is 0.0663. The minimum absolute atomic E-state index is 0.291. The monoisotopic (exact) mass is 398 g/mol. The van der Waals surface area contributed by atoms with Crippen LogP contribution in [-0.2, 0) is 6.54 Å². The summed E-state index contributed by atoms with van der Waals surface area (Å²) in [6.07, 6.45) is -0.513. The van der Waals surface area contributed by atoms with Gasteiger partial charge in [0.2, 0.25) is 0 Å². The molecule has 1 aliphatic rings. The largest absolute Gasteiger partial charge is 0.491 e. The van der Waals surface area contributed by atoms with Gasteiger partial charge in [-0.1, -0.05) is 24.3 Å². The summed E-state index contributed by atoms with van der Waals surface area (Å²) in [5, 5.41) is 11.6. The Balaban J connectivity index is 1.24. The van der Waals surface area contributed by atoms with E-state index in [0.717, 1.165) is 43.3 Å². The minimum Gasteiger partial charge on any atom is -0.491 e. The third-order valence-corrected chi connectivity index (χ3v) is 5.92. The molecule has 1 atom stereocenters. The van der Waals surface area contributed by atoms with E-state index < -0.39 is 6.10 Å². The number of anilines is 1. The number of piperazine rings is 1. The summed E-state index contributed by atoms with van der Waals surface area (Å²) in [5.74, 6) is 1.85. The van der Waals surface area contributed by atoms with Gasteiger partial charge in [0.25, 0.3) is 0 Å². The van der Waals surface area contributed by atoms with E-state index in [1.54, 1.807) is 11.5 Å². The Morgan fingerprint density at radius 1 is 1.07 bits per heavy atom. The van der Waals surface area contributed by atoms with Gasteiger partial charge >= 0.3 is 0 Å². The first kappa shape index (κ1) is 19.1. The van der Waals surface area contributed by atoms with E-state index in [1.807, 2.05) is 24.3 Å². The van der Waals surface area contributed by atoms with Crippen LogP contribution in [0, 0.1) is 0 Å². The Morgan fingerprint density at radius 3 is 2.57 bits per heavy atom. The SMILES string of the molecule is NCc1ccc(OCC(O)CN2CCN(c3nsc4ccccc34)CC2)cc1. The molecule has 7 heteroatoms. The lowest BCUT2D eigenvalue weighted by Crippen LogP contribution is -2.49. The molecular formula is C21H26N4O2S. The first-order chi connectivity index (χ1) is 13.7. The molecule has 4 rings (SSSR count). The smallest absolute Gasteiger partial charge is 0.150 e. The highest BCUT2D eigenvalue weighted by molar-refractivity contribution is 7.13. The predicted octanol–water partition coefficient (Wildman–Crippen LogP) is 2.32. The molecule has 0 radical (unpaired) electrons. The highest BCUT2D eigenvalue weighted by atomic mass is 32.1. The van der Waals surface area contributed by atoms with Crippen molar-refractivity contribution in [2.75, 3.05) is 44.2 Å². The van der Waals surface area contributed by atoms with E-state index in [9.17, 15) is 5.11 Å². The number of nitrogens with two attached hydrogens (primary N) is 1. The fraction of sp³-hybridized carbons (Fsp3) is 0.381. The number of rotatable bonds is 7. The van der Waals surface area contributed by atoms with Gasteiger partial charge in [-0.15, -0.1) is 0 Å². The van der Waals surface area contributed by atoms with Crippen LogP contribution in [0.1, 0.15) is 5.56 Å². The third-order valence-electron chi connectivity index (χ3n) is 5.10. The van der Waals surface area contributed by atoms with Crippen LogP contribution >= 0.6 is 11.5 Å². The molecule has 1 unspecified atom stereocenters. The molecule has 1 fully saturated rings. The first-order valence-corrected chi connectivity index (χ1v) is 10.4. The van der Waals surface area contributed by atoms with Gasteiger partial charge in [-0.25, -0.2) is 0 Å². The second-order valence-corrected chi connectivity index (χ2v) is 7.91. The molecule has 28 heavy (non-hydrogen) atoms. The number of aliphatic hydroxyl groups excluding tert-OH is 1. The van der Waals surface area contributed by atoms with Crippen molar-refractivity contribution in [3.63, 3.8) is 0 Å². The molecule has 0 saturated carbocycles. The zero-order valence-corrected chi connectivity index (χ0v) is 16.6. The third kappa shape index (κ3) is 4.44. The van der Waals surface area contributed by atoms with E-state index in [0.29, 0.717) is 19.7 Å². The standard InChI is InChI=1S/C21H26N4O2S/c22-13-16-5-7-18(8-6-16)27-15-17(26)14-24-9-11-25(12-10-24)21-19-3-1-2-4-20(19)28-23-21/h1-8,17,26H,9-15,22H2. The number of β-amino-alcohol motifs (C(OH)–C–C–N with tert-alkyl or cyclic N) is 1. The molecule has 2 heterocycles. The van der Waals surface area contributed by atoms with Crippen molar-refractivity contribution in [1.82, 2.24) is 9.27 Å². The lowest BCUT2D eigenvalue weighted by Gasteiger charge is -2.35. The maximum absolute atomic E-state index is 10.3. The molecule has 6 nitrogen and oxygen atoms in total. The summed E-state index contributed by atoms with van der Waals surface area (Å²) in [6.45, 7) is 5.09. The van der Waals surface area contributed by atoms with Crippen molar-refractivity contribution in [3.05, 3.63) is 54.1 Å². The Bertz CT molecular complexity index is 891. The fourth-order valence-electron chi connectivity index (χ4n) is 3.51. The summed E-state index contributed by atoms with van der Waals surface area (Å²) >= 11 is 1.56. The summed E-state index contributed by atoms with van der Waals surface area (Å²) in [6, 6.07) is 16.1. The number of ether oxygens (including phenoxy) is 1. The minimum atomic E-state index is -0.513. The highest BCUT2D eigenvalue weighted by Gasteiger charge is 2.22. The molecule has 0 spiro atoms. The van der Waals surface area contributed by atoms with E-state index in [4.69, 9.17) is 10.5 Å². The first-order valence-electron chi connectivity index (χ1n) is 9.64. The van der Waals surface area contributed by atoms with Crippen LogP contribution in [0.5, 0.6) is 5.75 Å². The normalized spacial score (nSPS) is 16.4. The van der Waals surface area contributed by atoms with E-state index in [2.05, 4.69) is 38.4 Å². The lowest BCUT2D eigenvalue weighted by atomic mass is 10.2. The highest BCUT2D eigenvalue weighted by Crippen LogP contribution is 2.29. The Hall–Kier alpha value is -2.19. The van der Waals surface area contributed by atoms with Crippen molar-refractivity contribution in [2.24, 2.45) is 5.73 Å². The van der Waals surface area contributed by atoms with Gasteiger partial charge in [0.05, 0.1) is 4.70 Å². The predicted molar refractivity (Wildman–Crippen MR) is 114 cm³/mol. The van der Waals surface area contributed by atoms with Gasteiger partial charge < -0.3 is 20.5 Å². The molecule has 3 aromatic rings. The van der Waals surface area contributed by atoms with Gasteiger partial charge in [-0.2, -0.15) is 4.37 Å². The van der Waals surface area contributed by atoms with Gasteiger partial charge in [-0.05, 0) is 41.4 Å². The van der Waals surface area contributed by atoms with Crippen LogP contribution in [0.4, 0.5) is 5.82 Å². The molecule has 1 aliphatic heterocycles. The zero-order chi connectivity index (χ0) is 19.3. The summed E-state index contributed by atoms with van der Waals surface area (Å²) in [4.78, 5) is 4.63. The fourth-order valence-corrected chi connectivity index (χ4v) is 4.30. The number of hydrogen-bond donors (Lipinski definition) is 2. The Kier molecular flexibility index (Phi) is 6.07. The Labute approximate surface area is 169 Å². The van der Waals surface area contributed by atoms with Crippen molar-refractivity contribution < 1.29 is 9.84 Å². The number of fused-ring (bicyclic) bond motifs is 1. The quantitative estimate of drug-likeness (QED) is 0.636. The van der Waals surface area contributed by atoms with Crippen LogP contribution in [0.3, 0.4) is 0 Å². The van der Waals surface area contributed by atoms with Crippen molar-refractivity contribution in [1.29, 1.82) is 0 Å². The van der Waals surface area contributed by atoms with Crippen molar-refractivity contribution >= 4 is 27.4 Å². The van der Waals surface area contributed by atoms with Gasteiger partial charge in [-0.3, -0.25) is 4.90 Å². The van der Waals surface area contributed by atoms with E-state index >= 15 is 0 Å². The molecule has 2 aromatic carbocycles. The molecule has 1 aromatic heterocycles. The summed E-state index contributed by atoms with van der Waals surface area (Å²) in [7, 11) is 0. The van der Waals surface area contributed by atoms with Gasteiger partial charge in [0.15, 0.2) is 0 Å². The average molecular weight is 399 g/mol. The molecular weight excluding hydrogens is 372 g/mol. The molecule has 3 N–H and O–H groups in total. The second-order valence-electron chi connectivity index (χ2n) is 7.10. The maximum Gasteiger partial charge on any atom is 0.150 e. The van der Waals surface area contributed by atoms with Gasteiger partial charge in [0, 0.05) is 44.7 Å². The van der Waals surface area contributed by atoms with E-state index in [-0.39, 0.29) is 0 Å². The molecule has 0 aliphatic carbocycles. The number of benzene rings is 2. The second kappa shape index (κ2) is 8.87. The van der Waals surface area contributed by atoms with Crippen LogP contribution in [-0.4, -0.2) is 59.8 Å². The molecule has 0 bridgehead atoms. The number of aromatic nitrogens is 1. The van der Waals surface area contributed by atoms with Crippen molar-refractivity contribution in [2.45, 2.75) is 12.6 Å². The number of aliphatic hydroxyl groups is 1. The van der Waals surface area contributed by atoms with Crippen LogP contribution in [0.15, 0.2) is 48.5 Å². The number of hydrogen-bond acceptors (Lipinski definition) is 7. The van der Waals surface area contributed by atoms with Gasteiger partial charge in [0.1, 0.15) is 24.3 Å². The maximum atomic E-state index is 10.3. The van der Waals surface area contributed by atoms with Crippen LogP contribution < -0.4 is 15.4 Å². The number of nitrogens with zero attached hydrogens (tertiary/aromatic N) is 3. The summed E-state index contributed by atoms with van der Waals surface area (Å²) < 4.78 is 11.6. The molecule has 0 amide bonds. The van der Waals surface area contributed by atoms with E-state index in [1.165, 1.54) is 10.1 Å². The van der Waals surface area contributed by atoms with Crippen LogP contribution in [0.2, 0.25) is 0 Å². The average Bonchev–Trinajstić information content (AvgIpc) is 3.17. The Morgan fingerprint density at radius 2 is 1.82 bits per heavy atom. The van der Waals surface area contributed by atoms with Crippen molar-refractivity contribution in [3.8, 4) is 5.75 Å². The molecule has 1 saturated heterocycles. The summed E-state index contributed by atoms with van der Waals surface area (Å²) in [5.41, 5.74) is 6.67. The zero-order valence-electron chi connectivity index (χ0n) is 15.8. The van der Waals surface area contributed by atoms with Crippen LogP contribution in [0.25, 0.3) is 10.1 Å².